The number of amides is 1. The van der Waals surface area contributed by atoms with Gasteiger partial charge in [0.1, 0.15) is 11.6 Å². The Morgan fingerprint density at radius 1 is 1.20 bits per heavy atom. The number of rotatable bonds is 3. The van der Waals surface area contributed by atoms with E-state index in [1.807, 2.05) is 0 Å². The van der Waals surface area contributed by atoms with E-state index < -0.39 is 35.7 Å². The highest BCUT2D eigenvalue weighted by atomic mass is 16.6. The van der Waals surface area contributed by atoms with Crippen LogP contribution in [0.1, 0.15) is 46.5 Å². The molecule has 1 aliphatic rings. The number of carboxylic acid groups (broad SMARTS) is 2. The average molecular weight is 287 g/mol. The fraction of sp³-hybridized carbons (Fsp3) is 0.769. The number of carbonyl (C=O) groups excluding carboxylic acids is 1. The van der Waals surface area contributed by atoms with Gasteiger partial charge in [0, 0.05) is 6.04 Å². The fourth-order valence-corrected chi connectivity index (χ4v) is 2.31. The quantitative estimate of drug-likeness (QED) is 0.818. The molecule has 0 bridgehead atoms. The second kappa shape index (κ2) is 6.11. The lowest BCUT2D eigenvalue weighted by molar-refractivity contribution is -0.148. The van der Waals surface area contributed by atoms with Crippen LogP contribution >= 0.6 is 0 Å². The molecule has 114 valence electrons. The van der Waals surface area contributed by atoms with Crippen LogP contribution < -0.4 is 0 Å². The van der Waals surface area contributed by atoms with Gasteiger partial charge in [-0.1, -0.05) is 0 Å². The minimum Gasteiger partial charge on any atom is -0.481 e. The first kappa shape index (κ1) is 16.3. The fourth-order valence-electron chi connectivity index (χ4n) is 2.31. The molecule has 0 aromatic carbocycles. The molecule has 1 fully saturated rings. The van der Waals surface area contributed by atoms with E-state index >= 15 is 0 Å². The van der Waals surface area contributed by atoms with E-state index in [-0.39, 0.29) is 6.42 Å². The second-order valence-corrected chi connectivity index (χ2v) is 5.92. The lowest BCUT2D eigenvalue weighted by Gasteiger charge is -2.40. The third-order valence-electron chi connectivity index (χ3n) is 3.04. The number of carbonyl (C=O) groups is 3. The molecule has 1 amide bonds. The molecule has 1 aliphatic heterocycles. The van der Waals surface area contributed by atoms with Gasteiger partial charge in [-0.05, 0) is 40.0 Å². The van der Waals surface area contributed by atoms with Crippen LogP contribution in [0.4, 0.5) is 4.79 Å². The minimum absolute atomic E-state index is 0.275. The molecule has 2 atom stereocenters. The summed E-state index contributed by atoms with van der Waals surface area (Å²) in [6, 6.07) is -1.67. The van der Waals surface area contributed by atoms with Crippen LogP contribution in [0.3, 0.4) is 0 Å². The first-order valence-electron chi connectivity index (χ1n) is 6.57. The van der Waals surface area contributed by atoms with E-state index in [9.17, 15) is 19.5 Å². The number of carboxylic acids is 2. The summed E-state index contributed by atoms with van der Waals surface area (Å²) in [6.45, 7) is 5.03. The molecule has 0 spiro atoms. The van der Waals surface area contributed by atoms with Crippen LogP contribution in [0.5, 0.6) is 0 Å². The van der Waals surface area contributed by atoms with Crippen LogP contribution in [0.15, 0.2) is 0 Å². The topological polar surface area (TPSA) is 104 Å². The predicted molar refractivity (Wildman–Crippen MR) is 69.4 cm³/mol. The zero-order chi connectivity index (χ0) is 15.5. The van der Waals surface area contributed by atoms with Crippen molar-refractivity contribution in [3.63, 3.8) is 0 Å². The molecule has 20 heavy (non-hydrogen) atoms. The zero-order valence-electron chi connectivity index (χ0n) is 12.0. The molecule has 1 saturated heterocycles. The molecule has 7 nitrogen and oxygen atoms in total. The van der Waals surface area contributed by atoms with Gasteiger partial charge in [0.05, 0.1) is 6.42 Å². The molecular formula is C13H21NO6. The first-order chi connectivity index (χ1) is 9.11. The highest BCUT2D eigenvalue weighted by molar-refractivity contribution is 5.81. The molecule has 0 aromatic rings. The van der Waals surface area contributed by atoms with E-state index in [0.29, 0.717) is 19.3 Å². The standard InChI is InChI=1S/C13H21NO6/c1-13(2,3)20-12(19)14-8(7-10(15)16)5-4-6-9(14)11(17)18/h8-9H,4-7H2,1-3H3,(H,15,16)(H,17,18)/t8-,9-/m0/s1. The average Bonchev–Trinajstić information content (AvgIpc) is 2.25. The van der Waals surface area contributed by atoms with Gasteiger partial charge in [-0.25, -0.2) is 9.59 Å². The van der Waals surface area contributed by atoms with E-state index in [1.54, 1.807) is 20.8 Å². The molecule has 2 N–H and O–H groups in total. The summed E-state index contributed by atoms with van der Waals surface area (Å²) >= 11 is 0. The smallest absolute Gasteiger partial charge is 0.411 e. The summed E-state index contributed by atoms with van der Waals surface area (Å²) in [6.07, 6.45) is 0.313. The van der Waals surface area contributed by atoms with Crippen molar-refractivity contribution in [1.29, 1.82) is 0 Å². The Balaban J connectivity index is 2.96. The Morgan fingerprint density at radius 2 is 1.80 bits per heavy atom. The third kappa shape index (κ3) is 4.40. The monoisotopic (exact) mass is 287 g/mol. The first-order valence-corrected chi connectivity index (χ1v) is 6.57. The van der Waals surface area contributed by atoms with Crippen molar-refractivity contribution in [3.8, 4) is 0 Å². The molecule has 0 unspecified atom stereocenters. The minimum atomic E-state index is -1.13. The highest BCUT2D eigenvalue weighted by Gasteiger charge is 2.41. The summed E-state index contributed by atoms with van der Waals surface area (Å²) in [7, 11) is 0. The Kier molecular flexibility index (Phi) is 4.97. The molecule has 1 rings (SSSR count). The summed E-state index contributed by atoms with van der Waals surface area (Å²) < 4.78 is 5.20. The van der Waals surface area contributed by atoms with Gasteiger partial charge < -0.3 is 14.9 Å². The van der Waals surface area contributed by atoms with Crippen LogP contribution in [0.25, 0.3) is 0 Å². The Morgan fingerprint density at radius 3 is 2.25 bits per heavy atom. The van der Waals surface area contributed by atoms with Gasteiger partial charge in [0.25, 0.3) is 0 Å². The molecule has 0 aromatic heterocycles. The van der Waals surface area contributed by atoms with Gasteiger partial charge in [-0.15, -0.1) is 0 Å². The van der Waals surface area contributed by atoms with Gasteiger partial charge >= 0.3 is 18.0 Å². The normalized spacial score (nSPS) is 23.2. The summed E-state index contributed by atoms with van der Waals surface area (Å²) in [5, 5.41) is 18.1. The zero-order valence-corrected chi connectivity index (χ0v) is 12.0. The van der Waals surface area contributed by atoms with Crippen molar-refractivity contribution in [1.82, 2.24) is 4.90 Å². The van der Waals surface area contributed by atoms with Crippen molar-refractivity contribution < 1.29 is 29.3 Å². The number of hydrogen-bond acceptors (Lipinski definition) is 4. The number of aliphatic carboxylic acids is 2. The SMILES string of the molecule is CC(C)(C)OC(=O)N1[C@H](CC(=O)O)CCC[C@H]1C(=O)O. The van der Waals surface area contributed by atoms with Crippen LogP contribution in [-0.4, -0.2) is 50.8 Å². The molecule has 7 heteroatoms. The number of ether oxygens (including phenoxy) is 1. The maximum Gasteiger partial charge on any atom is 0.411 e. The molecule has 0 aliphatic carbocycles. The van der Waals surface area contributed by atoms with Crippen LogP contribution in [0.2, 0.25) is 0 Å². The highest BCUT2D eigenvalue weighted by Crippen LogP contribution is 2.27. The van der Waals surface area contributed by atoms with Crippen molar-refractivity contribution in [2.45, 2.75) is 64.1 Å². The molecule has 0 radical (unpaired) electrons. The Hall–Kier alpha value is -1.79. The van der Waals surface area contributed by atoms with Crippen molar-refractivity contribution >= 4 is 18.0 Å². The summed E-state index contributed by atoms with van der Waals surface area (Å²) in [4.78, 5) is 35.4. The van der Waals surface area contributed by atoms with Gasteiger partial charge in [-0.3, -0.25) is 9.69 Å². The lowest BCUT2D eigenvalue weighted by Crippen LogP contribution is -2.55. The number of likely N-dealkylation sites (tertiary alicyclic amines) is 1. The van der Waals surface area contributed by atoms with E-state index in [4.69, 9.17) is 9.84 Å². The van der Waals surface area contributed by atoms with Gasteiger partial charge in [0.15, 0.2) is 0 Å². The van der Waals surface area contributed by atoms with E-state index in [2.05, 4.69) is 0 Å². The maximum absolute atomic E-state index is 12.2. The van der Waals surface area contributed by atoms with Gasteiger partial charge in [-0.2, -0.15) is 0 Å². The van der Waals surface area contributed by atoms with Crippen molar-refractivity contribution in [2.24, 2.45) is 0 Å². The second-order valence-electron chi connectivity index (χ2n) is 5.92. The summed E-state index contributed by atoms with van der Waals surface area (Å²) in [5.74, 6) is -2.19. The largest absolute Gasteiger partial charge is 0.481 e. The van der Waals surface area contributed by atoms with Crippen molar-refractivity contribution in [2.75, 3.05) is 0 Å². The predicted octanol–water partition coefficient (Wildman–Crippen LogP) is 1.70. The molecule has 0 saturated carbocycles. The van der Waals surface area contributed by atoms with E-state index in [1.165, 1.54) is 0 Å². The summed E-state index contributed by atoms with van der Waals surface area (Å²) in [5.41, 5.74) is -0.759. The van der Waals surface area contributed by atoms with Gasteiger partial charge in [0.2, 0.25) is 0 Å². The maximum atomic E-state index is 12.2. The number of nitrogens with zero attached hydrogens (tertiary/aromatic N) is 1. The van der Waals surface area contributed by atoms with Crippen molar-refractivity contribution in [3.05, 3.63) is 0 Å². The van der Waals surface area contributed by atoms with Crippen LogP contribution in [-0.2, 0) is 14.3 Å². The third-order valence-corrected chi connectivity index (χ3v) is 3.04. The lowest BCUT2D eigenvalue weighted by atomic mass is 9.94. The van der Waals surface area contributed by atoms with E-state index in [0.717, 1.165) is 4.90 Å². The number of piperidine rings is 1. The van der Waals surface area contributed by atoms with Crippen LogP contribution in [0, 0.1) is 0 Å². The Bertz CT molecular complexity index is 400. The Labute approximate surface area is 117 Å². The number of hydrogen-bond donors (Lipinski definition) is 2. The molecular weight excluding hydrogens is 266 g/mol. The molecule has 1 heterocycles.